The monoisotopic (exact) mass is 378 g/mol. The molecule has 1 amide bonds. The smallest absolute Gasteiger partial charge is 0.233 e. The molecule has 4 rings (SSSR count). The molecule has 0 atom stereocenters. The van der Waals surface area contributed by atoms with Crippen molar-refractivity contribution in [2.45, 2.75) is 19.9 Å². The zero-order chi connectivity index (χ0) is 18.6. The maximum absolute atomic E-state index is 12.7. The van der Waals surface area contributed by atoms with E-state index in [-0.39, 0.29) is 5.91 Å². The number of hydrogen-bond donors (Lipinski definition) is 0. The number of nitrogens with zero attached hydrogens (tertiary/aromatic N) is 6. The summed E-state index contributed by atoms with van der Waals surface area (Å²) in [7, 11) is 0. The number of hydrogen-bond acceptors (Lipinski definition) is 6. The second-order valence-corrected chi connectivity index (χ2v) is 7.06. The molecule has 0 saturated carbocycles. The summed E-state index contributed by atoms with van der Waals surface area (Å²) in [5.41, 5.74) is 2.77. The van der Waals surface area contributed by atoms with Gasteiger partial charge in [0, 0.05) is 6.54 Å². The van der Waals surface area contributed by atoms with Crippen LogP contribution in [-0.2, 0) is 17.8 Å². The fraction of sp³-hybridized carbons (Fsp3) is 0.211. The third kappa shape index (κ3) is 3.70. The van der Waals surface area contributed by atoms with Gasteiger partial charge in [-0.05, 0) is 24.6 Å². The molecule has 2 aromatic heterocycles. The second-order valence-electron chi connectivity index (χ2n) is 6.01. The lowest BCUT2D eigenvalue weighted by Gasteiger charge is -2.16. The largest absolute Gasteiger partial charge is 0.287 e. The lowest BCUT2D eigenvalue weighted by molar-refractivity contribution is -0.117. The fourth-order valence-corrected chi connectivity index (χ4v) is 3.77. The quantitative estimate of drug-likeness (QED) is 0.516. The molecule has 0 aliphatic carbocycles. The van der Waals surface area contributed by atoms with Gasteiger partial charge in [-0.1, -0.05) is 59.0 Å². The molecule has 4 aromatic rings. The third-order valence-corrected chi connectivity index (χ3v) is 5.14. The Bertz CT molecular complexity index is 1060. The van der Waals surface area contributed by atoms with E-state index in [4.69, 9.17) is 0 Å². The van der Waals surface area contributed by atoms with Crippen LogP contribution in [0.5, 0.6) is 0 Å². The number of anilines is 1. The normalized spacial score (nSPS) is 11.0. The second kappa shape index (κ2) is 7.63. The Balaban J connectivity index is 1.51. The maximum Gasteiger partial charge on any atom is 0.233 e. The summed E-state index contributed by atoms with van der Waals surface area (Å²) in [5.74, 6) is 0.0117. The van der Waals surface area contributed by atoms with E-state index in [2.05, 4.69) is 20.5 Å². The number of amides is 1. The topological polar surface area (TPSA) is 76.8 Å². The van der Waals surface area contributed by atoms with Crippen molar-refractivity contribution in [3.05, 3.63) is 65.2 Å². The Morgan fingerprint density at radius 2 is 1.81 bits per heavy atom. The Kier molecular flexibility index (Phi) is 4.88. The van der Waals surface area contributed by atoms with Crippen molar-refractivity contribution in [1.29, 1.82) is 0 Å². The summed E-state index contributed by atoms with van der Waals surface area (Å²) in [6, 6.07) is 17.5. The minimum absolute atomic E-state index is 0.0117. The van der Waals surface area contributed by atoms with Crippen molar-refractivity contribution < 1.29 is 4.79 Å². The van der Waals surface area contributed by atoms with Crippen LogP contribution in [0.15, 0.2) is 54.6 Å². The number of fused-ring (bicyclic) bond motifs is 1. The molecule has 2 heterocycles. The minimum atomic E-state index is 0.0117. The summed E-state index contributed by atoms with van der Waals surface area (Å²) in [6.07, 6.45) is 0.345. The van der Waals surface area contributed by atoms with Crippen molar-refractivity contribution >= 4 is 33.4 Å². The van der Waals surface area contributed by atoms with Gasteiger partial charge in [0.15, 0.2) is 0 Å². The lowest BCUT2D eigenvalue weighted by Crippen LogP contribution is -2.31. The highest BCUT2D eigenvalue weighted by Crippen LogP contribution is 2.22. The van der Waals surface area contributed by atoms with Gasteiger partial charge in [-0.25, -0.2) is 4.68 Å². The van der Waals surface area contributed by atoms with Gasteiger partial charge in [0.2, 0.25) is 11.0 Å². The SMILES string of the molecule is CCN(C(=O)Cc1ccccc1)c1nnc(Cn2nnc3ccccc32)s1. The van der Waals surface area contributed by atoms with Crippen LogP contribution < -0.4 is 4.90 Å². The Hall–Kier alpha value is -3.13. The Morgan fingerprint density at radius 1 is 1.04 bits per heavy atom. The number of likely N-dealkylation sites (N-methyl/N-ethyl adjacent to an activating group) is 1. The van der Waals surface area contributed by atoms with Crippen LogP contribution in [0.1, 0.15) is 17.5 Å². The Morgan fingerprint density at radius 3 is 2.63 bits per heavy atom. The molecule has 0 radical (unpaired) electrons. The predicted molar refractivity (Wildman–Crippen MR) is 105 cm³/mol. The first kappa shape index (κ1) is 17.3. The highest BCUT2D eigenvalue weighted by atomic mass is 32.1. The van der Waals surface area contributed by atoms with Crippen LogP contribution >= 0.6 is 11.3 Å². The first-order chi connectivity index (χ1) is 13.2. The molecule has 0 aliphatic rings. The zero-order valence-corrected chi connectivity index (χ0v) is 15.6. The fourth-order valence-electron chi connectivity index (χ4n) is 2.86. The molecule has 7 nitrogen and oxygen atoms in total. The van der Waals surface area contributed by atoms with E-state index in [1.807, 2.05) is 61.5 Å². The van der Waals surface area contributed by atoms with E-state index in [1.165, 1.54) is 11.3 Å². The molecule has 0 fully saturated rings. The summed E-state index contributed by atoms with van der Waals surface area (Å²) in [5, 5.41) is 18.2. The van der Waals surface area contributed by atoms with Crippen LogP contribution in [0.3, 0.4) is 0 Å². The van der Waals surface area contributed by atoms with E-state index in [1.54, 1.807) is 9.58 Å². The molecule has 27 heavy (non-hydrogen) atoms. The molecular formula is C19H18N6OS. The van der Waals surface area contributed by atoms with Crippen LogP contribution in [-0.4, -0.2) is 37.6 Å². The first-order valence-corrected chi connectivity index (χ1v) is 9.51. The molecule has 0 unspecified atom stereocenters. The van der Waals surface area contributed by atoms with Crippen LogP contribution in [0.25, 0.3) is 11.0 Å². The molecule has 0 N–H and O–H groups in total. The summed E-state index contributed by atoms with van der Waals surface area (Å²) < 4.78 is 1.79. The lowest BCUT2D eigenvalue weighted by atomic mass is 10.1. The first-order valence-electron chi connectivity index (χ1n) is 8.69. The number of para-hydroxylation sites is 1. The van der Waals surface area contributed by atoms with Crippen LogP contribution in [0.4, 0.5) is 5.13 Å². The Labute approximate surface area is 160 Å². The standard InChI is InChI=1S/C19H18N6OS/c1-2-24(18(26)12-14-8-4-3-5-9-14)19-22-21-17(27-19)13-25-16-11-7-6-10-15(16)20-23-25/h3-11H,2,12-13H2,1H3. The van der Waals surface area contributed by atoms with Gasteiger partial charge >= 0.3 is 0 Å². The molecule has 0 saturated heterocycles. The van der Waals surface area contributed by atoms with E-state index in [0.29, 0.717) is 24.6 Å². The van der Waals surface area contributed by atoms with Crippen molar-refractivity contribution in [2.75, 3.05) is 11.4 Å². The molecule has 2 aromatic carbocycles. The van der Waals surface area contributed by atoms with Crippen molar-refractivity contribution in [2.24, 2.45) is 0 Å². The number of benzene rings is 2. The minimum Gasteiger partial charge on any atom is -0.287 e. The van der Waals surface area contributed by atoms with Gasteiger partial charge in [-0.2, -0.15) is 0 Å². The van der Waals surface area contributed by atoms with Crippen LogP contribution in [0, 0.1) is 0 Å². The van der Waals surface area contributed by atoms with Gasteiger partial charge < -0.3 is 0 Å². The van der Waals surface area contributed by atoms with Crippen molar-refractivity contribution in [1.82, 2.24) is 25.2 Å². The number of carbonyl (C=O) groups excluding carboxylic acids is 1. The number of aromatic nitrogens is 5. The highest BCUT2D eigenvalue weighted by molar-refractivity contribution is 7.15. The summed E-state index contributed by atoms with van der Waals surface area (Å²) >= 11 is 1.41. The highest BCUT2D eigenvalue weighted by Gasteiger charge is 2.19. The van der Waals surface area contributed by atoms with Gasteiger partial charge in [0.1, 0.15) is 10.5 Å². The maximum atomic E-state index is 12.7. The van der Waals surface area contributed by atoms with Gasteiger partial charge in [-0.3, -0.25) is 9.69 Å². The van der Waals surface area contributed by atoms with Gasteiger partial charge in [-0.15, -0.1) is 15.3 Å². The molecular weight excluding hydrogens is 360 g/mol. The molecule has 136 valence electrons. The number of rotatable bonds is 6. The average molecular weight is 378 g/mol. The molecule has 8 heteroatoms. The van der Waals surface area contributed by atoms with Gasteiger partial charge in [0.05, 0.1) is 18.5 Å². The summed E-state index contributed by atoms with van der Waals surface area (Å²) in [6.45, 7) is 2.96. The number of carbonyl (C=O) groups is 1. The van der Waals surface area contributed by atoms with Gasteiger partial charge in [0.25, 0.3) is 0 Å². The predicted octanol–water partition coefficient (Wildman–Crippen LogP) is 2.93. The van der Waals surface area contributed by atoms with E-state index >= 15 is 0 Å². The average Bonchev–Trinajstić information content (AvgIpc) is 3.31. The summed E-state index contributed by atoms with van der Waals surface area (Å²) in [4.78, 5) is 14.4. The van der Waals surface area contributed by atoms with E-state index < -0.39 is 0 Å². The third-order valence-electron chi connectivity index (χ3n) is 4.21. The van der Waals surface area contributed by atoms with Crippen molar-refractivity contribution in [3.8, 4) is 0 Å². The molecule has 0 aliphatic heterocycles. The van der Waals surface area contributed by atoms with Crippen LogP contribution in [0.2, 0.25) is 0 Å². The van der Waals surface area contributed by atoms with Crippen molar-refractivity contribution in [3.63, 3.8) is 0 Å². The molecule has 0 bridgehead atoms. The zero-order valence-electron chi connectivity index (χ0n) is 14.8. The molecule has 0 spiro atoms. The van der Waals surface area contributed by atoms with E-state index in [0.717, 1.165) is 21.6 Å². The van der Waals surface area contributed by atoms with E-state index in [9.17, 15) is 4.79 Å².